The van der Waals surface area contributed by atoms with Gasteiger partial charge in [0.05, 0.1) is 27.5 Å². The number of hydrogen-bond donors (Lipinski definition) is 0. The van der Waals surface area contributed by atoms with E-state index in [1.807, 2.05) is 84.9 Å². The fourth-order valence-electron chi connectivity index (χ4n) is 7.58. The summed E-state index contributed by atoms with van der Waals surface area (Å²) in [5.74, 6) is 2.50. The highest BCUT2D eigenvalue weighted by molar-refractivity contribution is 7.26. The highest BCUT2D eigenvalue weighted by Gasteiger charge is 2.20. The molecule has 8 heteroatoms. The molecule has 0 aliphatic heterocycles. The number of fused-ring (bicyclic) bond motifs is 6. The Bertz CT molecular complexity index is 3400. The van der Waals surface area contributed by atoms with Gasteiger partial charge in [-0.1, -0.05) is 140 Å². The molecule has 0 radical (unpaired) electrons. The number of nitriles is 1. The third kappa shape index (κ3) is 5.89. The van der Waals surface area contributed by atoms with Crippen LogP contribution in [0.15, 0.2) is 170 Å². The topological polar surface area (TPSA) is 88.2 Å². The Labute approximate surface area is 341 Å². The summed E-state index contributed by atoms with van der Waals surface area (Å²) in [5, 5.41) is 12.8. The largest absolute Gasteiger partial charge is 0.226 e. The van der Waals surface area contributed by atoms with Gasteiger partial charge >= 0.3 is 0 Å². The highest BCUT2D eigenvalue weighted by atomic mass is 32.1. The Morgan fingerprint density at radius 3 is 1.81 bits per heavy atom. The summed E-state index contributed by atoms with van der Waals surface area (Å²) >= 11 is 3.49. The summed E-state index contributed by atoms with van der Waals surface area (Å²) in [6.45, 7) is 0. The number of rotatable bonds is 6. The molecule has 6 nitrogen and oxygen atoms in total. The molecule has 0 bridgehead atoms. The second-order valence-electron chi connectivity index (χ2n) is 14.0. The third-order valence-electron chi connectivity index (χ3n) is 10.4. The van der Waals surface area contributed by atoms with Crippen molar-refractivity contribution >= 4 is 63.1 Å². The minimum atomic E-state index is 0.586. The summed E-state index contributed by atoms with van der Waals surface area (Å²) in [7, 11) is 0. The maximum absolute atomic E-state index is 9.43. The van der Waals surface area contributed by atoms with E-state index in [-0.39, 0.29) is 0 Å². The summed E-state index contributed by atoms with van der Waals surface area (Å²) < 4.78 is 4.57. The standard InChI is InChI=1S/C50H28N6S2/c51-29-30-11-9-16-35(27-30)31-21-23-34(24-22-31)48-54-47(33-14-5-2-6-15-33)55-50(56-48)39-18-10-20-41-43(39)37-26-25-36(28-42(37)57-41)49-52-44(32-12-3-1-4-13-32)46-45(53-49)38-17-7-8-19-40(38)58-46/h1-28H. The first-order chi connectivity index (χ1) is 28.7. The molecule has 0 unspecified atom stereocenters. The van der Waals surface area contributed by atoms with E-state index in [4.69, 9.17) is 24.9 Å². The van der Waals surface area contributed by atoms with Gasteiger partial charge in [-0.3, -0.25) is 0 Å². The van der Waals surface area contributed by atoms with Crippen molar-refractivity contribution in [3.05, 3.63) is 175 Å². The highest BCUT2D eigenvalue weighted by Crippen LogP contribution is 2.43. The van der Waals surface area contributed by atoms with Crippen LogP contribution in [0.5, 0.6) is 0 Å². The number of aromatic nitrogens is 5. The van der Waals surface area contributed by atoms with E-state index in [2.05, 4.69) is 91.0 Å². The van der Waals surface area contributed by atoms with Crippen LogP contribution in [0.1, 0.15) is 5.56 Å². The van der Waals surface area contributed by atoms with E-state index in [1.54, 1.807) is 22.7 Å². The van der Waals surface area contributed by atoms with Crippen molar-refractivity contribution in [2.75, 3.05) is 0 Å². The molecule has 7 aromatic carbocycles. The van der Waals surface area contributed by atoms with Crippen LogP contribution in [0, 0.1) is 11.3 Å². The van der Waals surface area contributed by atoms with Crippen LogP contribution >= 0.6 is 22.7 Å². The Kier molecular flexibility index (Phi) is 8.14. The second-order valence-corrected chi connectivity index (χ2v) is 16.1. The van der Waals surface area contributed by atoms with Gasteiger partial charge in [-0.15, -0.1) is 22.7 Å². The van der Waals surface area contributed by atoms with E-state index in [0.29, 0.717) is 28.9 Å². The SMILES string of the molecule is N#Cc1cccc(-c2ccc(-c3nc(-c4ccccc4)nc(-c4cccc5sc6cc(-c7nc(-c8ccccc8)c8sc9ccccc9c8n7)ccc6c45)n3)cc2)c1. The van der Waals surface area contributed by atoms with E-state index >= 15 is 0 Å². The van der Waals surface area contributed by atoms with Crippen molar-refractivity contribution < 1.29 is 0 Å². The van der Waals surface area contributed by atoms with Crippen molar-refractivity contribution in [3.8, 4) is 74.0 Å². The van der Waals surface area contributed by atoms with Crippen LogP contribution in [0.25, 0.3) is 108 Å². The van der Waals surface area contributed by atoms with Gasteiger partial charge in [0.25, 0.3) is 0 Å². The van der Waals surface area contributed by atoms with Gasteiger partial charge in [0.15, 0.2) is 23.3 Å². The monoisotopic (exact) mass is 776 g/mol. The average molecular weight is 777 g/mol. The molecule has 4 aromatic heterocycles. The average Bonchev–Trinajstić information content (AvgIpc) is 3.87. The predicted molar refractivity (Wildman–Crippen MR) is 239 cm³/mol. The van der Waals surface area contributed by atoms with E-state index in [9.17, 15) is 5.26 Å². The van der Waals surface area contributed by atoms with Crippen molar-refractivity contribution in [3.63, 3.8) is 0 Å². The van der Waals surface area contributed by atoms with E-state index < -0.39 is 0 Å². The zero-order chi connectivity index (χ0) is 38.6. The predicted octanol–water partition coefficient (Wildman–Crippen LogP) is 13.3. The summed E-state index contributed by atoms with van der Waals surface area (Å²) in [6, 6.07) is 59.8. The van der Waals surface area contributed by atoms with E-state index in [0.717, 1.165) is 80.4 Å². The van der Waals surface area contributed by atoms with Crippen LogP contribution in [-0.4, -0.2) is 24.9 Å². The van der Waals surface area contributed by atoms with Gasteiger partial charge in [-0.25, -0.2) is 24.9 Å². The molecule has 0 aliphatic carbocycles. The van der Waals surface area contributed by atoms with Crippen LogP contribution in [0.4, 0.5) is 0 Å². The maximum atomic E-state index is 9.43. The molecular weight excluding hydrogens is 749 g/mol. The third-order valence-corrected chi connectivity index (χ3v) is 12.7. The molecule has 58 heavy (non-hydrogen) atoms. The van der Waals surface area contributed by atoms with Gasteiger partial charge in [-0.05, 0) is 41.5 Å². The zero-order valence-corrected chi connectivity index (χ0v) is 32.3. The number of nitrogens with zero attached hydrogens (tertiary/aromatic N) is 6. The van der Waals surface area contributed by atoms with Gasteiger partial charge in [0.2, 0.25) is 0 Å². The minimum Gasteiger partial charge on any atom is -0.226 e. The number of hydrogen-bond acceptors (Lipinski definition) is 8. The molecule has 11 rings (SSSR count). The Hall–Kier alpha value is -7.44. The van der Waals surface area contributed by atoms with E-state index in [1.165, 1.54) is 4.70 Å². The Balaban J connectivity index is 1.05. The van der Waals surface area contributed by atoms with Gasteiger partial charge in [-0.2, -0.15) is 5.26 Å². The van der Waals surface area contributed by atoms with Crippen LogP contribution in [0.2, 0.25) is 0 Å². The molecular formula is C50H28N6S2. The van der Waals surface area contributed by atoms with Crippen LogP contribution in [0.3, 0.4) is 0 Å². The maximum Gasteiger partial charge on any atom is 0.164 e. The summed E-state index contributed by atoms with van der Waals surface area (Å²) in [5.41, 5.74) is 9.31. The van der Waals surface area contributed by atoms with Gasteiger partial charge < -0.3 is 0 Å². The first-order valence-electron chi connectivity index (χ1n) is 18.8. The Morgan fingerprint density at radius 1 is 0.397 bits per heavy atom. The molecule has 0 aliphatic rings. The molecule has 0 saturated heterocycles. The number of thiophene rings is 2. The van der Waals surface area contributed by atoms with Crippen LogP contribution < -0.4 is 0 Å². The van der Waals surface area contributed by atoms with Crippen LogP contribution in [-0.2, 0) is 0 Å². The molecule has 0 atom stereocenters. The molecule has 270 valence electrons. The zero-order valence-electron chi connectivity index (χ0n) is 30.7. The first kappa shape index (κ1) is 33.9. The van der Waals surface area contributed by atoms with Crippen molar-refractivity contribution in [1.82, 2.24) is 24.9 Å². The second kappa shape index (κ2) is 13.9. The molecule has 11 aromatic rings. The summed E-state index contributed by atoms with van der Waals surface area (Å²) in [4.78, 5) is 25.7. The molecule has 0 fully saturated rings. The van der Waals surface area contributed by atoms with Gasteiger partial charge in [0, 0.05) is 58.1 Å². The number of benzene rings is 7. The van der Waals surface area contributed by atoms with Gasteiger partial charge in [0.1, 0.15) is 0 Å². The fourth-order valence-corrected chi connectivity index (χ4v) is 9.91. The quantitative estimate of drug-likeness (QED) is 0.167. The lowest BCUT2D eigenvalue weighted by Gasteiger charge is -2.10. The lowest BCUT2D eigenvalue weighted by Crippen LogP contribution is -2.00. The van der Waals surface area contributed by atoms with Crippen molar-refractivity contribution in [1.29, 1.82) is 5.26 Å². The molecule has 0 N–H and O–H groups in total. The minimum absolute atomic E-state index is 0.586. The smallest absolute Gasteiger partial charge is 0.164 e. The Morgan fingerprint density at radius 2 is 1.02 bits per heavy atom. The first-order valence-corrected chi connectivity index (χ1v) is 20.4. The molecule has 0 saturated carbocycles. The normalized spacial score (nSPS) is 11.4. The lowest BCUT2D eigenvalue weighted by atomic mass is 10.0. The molecule has 4 heterocycles. The van der Waals surface area contributed by atoms with Crippen molar-refractivity contribution in [2.24, 2.45) is 0 Å². The molecule has 0 amide bonds. The molecule has 0 spiro atoms. The fraction of sp³-hybridized carbons (Fsp3) is 0. The lowest BCUT2D eigenvalue weighted by molar-refractivity contribution is 1.08. The van der Waals surface area contributed by atoms with Crippen molar-refractivity contribution in [2.45, 2.75) is 0 Å². The summed E-state index contributed by atoms with van der Waals surface area (Å²) in [6.07, 6.45) is 0.